The summed E-state index contributed by atoms with van der Waals surface area (Å²) >= 11 is 8.15. The molecule has 3 aliphatic heterocycles. The minimum Gasteiger partial charge on any atom is -0.465 e. The number of carbonyl (C=O) groups is 1. The number of likely N-dealkylation sites (tertiary alicyclic amines) is 1. The van der Waals surface area contributed by atoms with Crippen molar-refractivity contribution in [2.75, 3.05) is 31.2 Å². The number of ether oxygens (including phenoxy) is 2. The van der Waals surface area contributed by atoms with Gasteiger partial charge < -0.3 is 23.9 Å². The number of carboxylic acid groups (broad SMARTS) is 1. The molecule has 2 fully saturated rings. The Morgan fingerprint density at radius 2 is 2.04 bits per heavy atom. The van der Waals surface area contributed by atoms with E-state index >= 15 is 4.39 Å². The molecule has 0 radical (unpaired) electrons. The lowest BCUT2D eigenvalue weighted by Gasteiger charge is -2.38. The van der Waals surface area contributed by atoms with Crippen LogP contribution in [0.15, 0.2) is 24.4 Å². The molecule has 0 spiro atoms. The summed E-state index contributed by atoms with van der Waals surface area (Å²) in [5, 5.41) is 10.9. The summed E-state index contributed by atoms with van der Waals surface area (Å²) in [7, 11) is -2.10. The summed E-state index contributed by atoms with van der Waals surface area (Å²) < 4.78 is 35.1. The van der Waals surface area contributed by atoms with Gasteiger partial charge in [0.05, 0.1) is 28.3 Å². The highest BCUT2D eigenvalue weighted by molar-refractivity contribution is 7.19. The Hall–Kier alpha value is -2.28. The summed E-state index contributed by atoms with van der Waals surface area (Å²) in [6.45, 7) is 15.1. The van der Waals surface area contributed by atoms with E-state index in [4.69, 9.17) is 25.5 Å². The van der Waals surface area contributed by atoms with Crippen molar-refractivity contribution >= 4 is 53.3 Å². The number of hydrogen-bond donors (Lipinski definition) is 1. The molecule has 3 aliphatic rings. The summed E-state index contributed by atoms with van der Waals surface area (Å²) in [6.07, 6.45) is 5.70. The van der Waals surface area contributed by atoms with Gasteiger partial charge in [-0.05, 0) is 87.3 Å². The van der Waals surface area contributed by atoms with Crippen LogP contribution in [0.25, 0.3) is 21.3 Å². The van der Waals surface area contributed by atoms with E-state index in [1.807, 2.05) is 25.1 Å². The smallest absolute Gasteiger partial charge is 0.407 e. The molecule has 8 nitrogen and oxygen atoms in total. The molecule has 0 saturated carbocycles. The van der Waals surface area contributed by atoms with E-state index in [0.29, 0.717) is 35.0 Å². The van der Waals surface area contributed by atoms with Crippen LogP contribution in [0.2, 0.25) is 23.2 Å². The maximum atomic E-state index is 15.9. The number of amides is 1. The molecule has 256 valence electrons. The molecule has 0 bridgehead atoms. The zero-order chi connectivity index (χ0) is 33.7. The van der Waals surface area contributed by atoms with Gasteiger partial charge >= 0.3 is 6.09 Å². The van der Waals surface area contributed by atoms with E-state index in [9.17, 15) is 9.90 Å². The summed E-state index contributed by atoms with van der Waals surface area (Å²) in [6, 6.07) is 5.85. The molecule has 2 saturated heterocycles. The number of nitrogens with zero attached hydrogens (tertiary/aromatic N) is 3. The topological polar surface area (TPSA) is 84.4 Å². The Morgan fingerprint density at radius 1 is 1.26 bits per heavy atom. The average molecular weight is 704 g/mol. The van der Waals surface area contributed by atoms with E-state index in [-0.39, 0.29) is 36.4 Å². The number of thiophene rings is 1. The van der Waals surface area contributed by atoms with Gasteiger partial charge in [-0.1, -0.05) is 32.4 Å². The predicted octanol–water partition coefficient (Wildman–Crippen LogP) is 9.08. The molecule has 1 aromatic carbocycles. The van der Waals surface area contributed by atoms with Crippen LogP contribution < -0.4 is 4.90 Å². The molecular formula is C35H47ClFN3O5SSi. The zero-order valence-electron chi connectivity index (χ0n) is 28.3. The van der Waals surface area contributed by atoms with Crippen LogP contribution >= 0.6 is 22.9 Å². The van der Waals surface area contributed by atoms with E-state index in [2.05, 4.69) is 43.7 Å². The molecule has 6 rings (SSSR count). The Kier molecular flexibility index (Phi) is 9.72. The van der Waals surface area contributed by atoms with Crippen LogP contribution in [0.5, 0.6) is 0 Å². The van der Waals surface area contributed by atoms with Crippen LogP contribution in [-0.2, 0) is 26.9 Å². The van der Waals surface area contributed by atoms with E-state index in [1.54, 1.807) is 6.20 Å². The van der Waals surface area contributed by atoms with E-state index < -0.39 is 19.9 Å². The van der Waals surface area contributed by atoms with Gasteiger partial charge in [0, 0.05) is 53.8 Å². The quantitative estimate of drug-likeness (QED) is 0.234. The number of aryl methyl sites for hydroxylation is 1. The monoisotopic (exact) mass is 703 g/mol. The van der Waals surface area contributed by atoms with Crippen LogP contribution in [0.3, 0.4) is 0 Å². The molecular weight excluding hydrogens is 657 g/mol. The maximum absolute atomic E-state index is 15.9. The number of halogens is 2. The zero-order valence-corrected chi connectivity index (χ0v) is 30.9. The Balaban J connectivity index is 1.35. The summed E-state index contributed by atoms with van der Waals surface area (Å²) in [5.74, 6) is -0.330. The molecule has 0 aliphatic carbocycles. The molecule has 2 aromatic heterocycles. The molecule has 3 aromatic rings. The normalized spacial score (nSPS) is 23.8. The molecule has 47 heavy (non-hydrogen) atoms. The van der Waals surface area contributed by atoms with Crippen LogP contribution in [-0.4, -0.2) is 73.6 Å². The molecule has 1 amide bonds. The van der Waals surface area contributed by atoms with Crippen molar-refractivity contribution in [3.63, 3.8) is 0 Å². The number of anilines is 1. The number of benzene rings is 1. The van der Waals surface area contributed by atoms with E-state index in [1.165, 1.54) is 16.2 Å². The minimum atomic E-state index is -2.10. The fourth-order valence-electron chi connectivity index (χ4n) is 6.97. The Labute approximate surface area is 287 Å². The highest BCUT2D eigenvalue weighted by atomic mass is 35.5. The number of hydrogen-bond acceptors (Lipinski definition) is 7. The van der Waals surface area contributed by atoms with Crippen molar-refractivity contribution < 1.29 is 28.2 Å². The molecule has 12 heteroatoms. The molecule has 3 atom stereocenters. The molecule has 1 unspecified atom stereocenters. The van der Waals surface area contributed by atoms with Gasteiger partial charge in [0.15, 0.2) is 20.4 Å². The first-order chi connectivity index (χ1) is 22.2. The third kappa shape index (κ3) is 6.81. The molecule has 5 heterocycles. The Bertz CT molecular complexity index is 1640. The second-order valence-electron chi connectivity index (χ2n) is 15.0. The first kappa shape index (κ1) is 34.6. The van der Waals surface area contributed by atoms with E-state index in [0.717, 1.165) is 65.7 Å². The first-order valence-corrected chi connectivity index (χ1v) is 20.8. The average Bonchev–Trinajstić information content (AvgIpc) is 3.55. The lowest BCUT2D eigenvalue weighted by molar-refractivity contribution is -0.176. The van der Waals surface area contributed by atoms with Crippen molar-refractivity contribution in [3.8, 4) is 11.1 Å². The van der Waals surface area contributed by atoms with Crippen LogP contribution in [0.4, 0.5) is 14.9 Å². The lowest BCUT2D eigenvalue weighted by Crippen LogP contribution is -2.48. The predicted molar refractivity (Wildman–Crippen MR) is 189 cm³/mol. The minimum absolute atomic E-state index is 0.00911. The summed E-state index contributed by atoms with van der Waals surface area (Å²) in [5.41, 5.74) is 3.57. The summed E-state index contributed by atoms with van der Waals surface area (Å²) in [4.78, 5) is 21.5. The Morgan fingerprint density at radius 3 is 2.74 bits per heavy atom. The standard InChI is InChI=1S/C35H47ClFN3O5SSi/c1-34(2,3)47(5,6)45-20-27-29(37)30-32(46-27)25(12-13-38-30)26-17-23(36)16-22-10-9-14-39(31(22)26)24-18-35(4,40(19-24)33(41)42)21-44-28-11-7-8-15-43-28/h12-13,16-17,24,28H,7-11,14-15,18-21H2,1-6H3,(H,41,42)/t24-,28?,35+/m0/s1. The highest BCUT2D eigenvalue weighted by Gasteiger charge is 2.48. The maximum Gasteiger partial charge on any atom is 0.407 e. The second kappa shape index (κ2) is 13.2. The van der Waals surface area contributed by atoms with Gasteiger partial charge in [-0.2, -0.15) is 0 Å². The van der Waals surface area contributed by atoms with Crippen LogP contribution in [0, 0.1) is 5.82 Å². The van der Waals surface area contributed by atoms with Crippen molar-refractivity contribution in [1.29, 1.82) is 0 Å². The fraction of sp³-hybridized carbons (Fsp3) is 0.600. The second-order valence-corrected chi connectivity index (χ2v) is 21.4. The fourth-order valence-corrected chi connectivity index (χ4v) is 9.33. The van der Waals surface area contributed by atoms with Gasteiger partial charge in [-0.3, -0.25) is 9.88 Å². The third-order valence-electron chi connectivity index (χ3n) is 10.6. The van der Waals surface area contributed by atoms with Gasteiger partial charge in [-0.25, -0.2) is 9.18 Å². The number of rotatable bonds is 8. The van der Waals surface area contributed by atoms with Crippen LogP contribution in [0.1, 0.15) is 70.2 Å². The van der Waals surface area contributed by atoms with Gasteiger partial charge in [0.25, 0.3) is 0 Å². The van der Waals surface area contributed by atoms with Gasteiger partial charge in [0.1, 0.15) is 5.52 Å². The largest absolute Gasteiger partial charge is 0.465 e. The highest BCUT2D eigenvalue weighted by Crippen LogP contribution is 2.47. The number of fused-ring (bicyclic) bond motifs is 2. The van der Waals surface area contributed by atoms with Gasteiger partial charge in [-0.15, -0.1) is 11.3 Å². The van der Waals surface area contributed by atoms with Crippen molar-refractivity contribution in [2.45, 2.75) is 109 Å². The van der Waals surface area contributed by atoms with Gasteiger partial charge in [0.2, 0.25) is 0 Å². The van der Waals surface area contributed by atoms with Crippen molar-refractivity contribution in [3.05, 3.63) is 45.7 Å². The number of aromatic nitrogens is 1. The first-order valence-electron chi connectivity index (χ1n) is 16.7. The third-order valence-corrected chi connectivity index (χ3v) is 16.5. The molecule has 1 N–H and O–H groups in total. The lowest BCUT2D eigenvalue weighted by atomic mass is 9.91. The number of pyridine rings is 1. The van der Waals surface area contributed by atoms with Crippen molar-refractivity contribution in [1.82, 2.24) is 9.88 Å². The van der Waals surface area contributed by atoms with Crippen molar-refractivity contribution in [2.24, 2.45) is 0 Å². The SMILES string of the molecule is CC(C)(C)[Si](C)(C)OCc1sc2c(-c3cc(Cl)cc4c3N([C@@H]3CN(C(=O)O)[C@@](C)(COC5CCCCO5)C3)CCC4)ccnc2c1F.